The Morgan fingerprint density at radius 2 is 1.57 bits per heavy atom. The second-order valence-corrected chi connectivity index (χ2v) is 9.82. The van der Waals surface area contributed by atoms with Crippen LogP contribution in [0.25, 0.3) is 0 Å². The van der Waals surface area contributed by atoms with Gasteiger partial charge in [-0.05, 0) is 48.8 Å². The van der Waals surface area contributed by atoms with Crippen molar-refractivity contribution in [1.82, 2.24) is 4.31 Å². The molecule has 1 unspecified atom stereocenters. The van der Waals surface area contributed by atoms with Crippen LogP contribution in [-0.4, -0.2) is 36.0 Å². The van der Waals surface area contributed by atoms with Crippen molar-refractivity contribution in [3.8, 4) is 0 Å². The maximum atomic E-state index is 13.1. The van der Waals surface area contributed by atoms with Crippen LogP contribution in [0.15, 0.2) is 29.2 Å². The zero-order valence-corrected chi connectivity index (χ0v) is 15.0. The van der Waals surface area contributed by atoms with E-state index in [-0.39, 0.29) is 23.6 Å². The number of hydrogen-bond donors (Lipinski definition) is 1. The quantitative estimate of drug-likeness (QED) is 0.902. The highest BCUT2D eigenvalue weighted by Crippen LogP contribution is 2.38. The predicted molar refractivity (Wildman–Crippen MR) is 90.8 cm³/mol. The molecule has 0 aromatic heterocycles. The number of aliphatic hydroxyl groups is 1. The van der Waals surface area contributed by atoms with Gasteiger partial charge in [-0.3, -0.25) is 0 Å². The summed E-state index contributed by atoms with van der Waals surface area (Å²) >= 11 is 0. The van der Waals surface area contributed by atoms with Crippen LogP contribution in [-0.2, 0) is 15.4 Å². The molecule has 1 aromatic rings. The fourth-order valence-electron chi connectivity index (χ4n) is 3.95. The minimum absolute atomic E-state index is 0.00797. The van der Waals surface area contributed by atoms with Gasteiger partial charge in [0.25, 0.3) is 0 Å². The van der Waals surface area contributed by atoms with Crippen LogP contribution < -0.4 is 0 Å². The molecular formula is C18H27NO3S. The highest BCUT2D eigenvalue weighted by molar-refractivity contribution is 7.89. The van der Waals surface area contributed by atoms with Gasteiger partial charge in [0.05, 0.1) is 11.0 Å². The summed E-state index contributed by atoms with van der Waals surface area (Å²) in [5, 5.41) is 9.97. The fourth-order valence-corrected chi connectivity index (χ4v) is 5.84. The summed E-state index contributed by atoms with van der Waals surface area (Å²) in [5.41, 5.74) is 1.14. The first-order valence-electron chi connectivity index (χ1n) is 8.52. The summed E-state index contributed by atoms with van der Waals surface area (Å²) in [4.78, 5) is 0.374. The van der Waals surface area contributed by atoms with Crippen molar-refractivity contribution in [1.29, 1.82) is 0 Å². The summed E-state index contributed by atoms with van der Waals surface area (Å²) in [6.45, 7) is 6.35. The zero-order chi connectivity index (χ0) is 16.8. The van der Waals surface area contributed by atoms with E-state index in [1.807, 2.05) is 12.1 Å². The molecule has 2 saturated heterocycles. The first-order chi connectivity index (χ1) is 10.7. The second kappa shape index (κ2) is 5.87. The van der Waals surface area contributed by atoms with Crippen LogP contribution in [0.2, 0.25) is 0 Å². The van der Waals surface area contributed by atoms with Crippen molar-refractivity contribution in [2.75, 3.05) is 0 Å². The standard InChI is InChI=1S/C18H27NO3S/c1-18(2,3)13-7-9-17(10-8-13)23(21,22)19-14-5-4-6-15(19)12-16(20)11-14/h7-10,14-16,20H,4-6,11-12H2,1-3H3/t14-,15+,16?. The molecule has 3 atom stereocenters. The van der Waals surface area contributed by atoms with Crippen LogP contribution in [0.5, 0.6) is 0 Å². The minimum atomic E-state index is -3.48. The average Bonchev–Trinajstić information content (AvgIpc) is 2.45. The van der Waals surface area contributed by atoms with Crippen molar-refractivity contribution in [2.45, 2.75) is 81.4 Å². The molecule has 5 heteroatoms. The molecule has 2 aliphatic rings. The molecule has 0 aliphatic carbocycles. The van der Waals surface area contributed by atoms with E-state index in [4.69, 9.17) is 0 Å². The smallest absolute Gasteiger partial charge is 0.243 e. The van der Waals surface area contributed by atoms with Crippen LogP contribution >= 0.6 is 0 Å². The number of benzene rings is 1. The number of aliphatic hydroxyl groups excluding tert-OH is 1. The van der Waals surface area contributed by atoms with Gasteiger partial charge in [-0.2, -0.15) is 4.31 Å². The number of fused-ring (bicyclic) bond motifs is 2. The van der Waals surface area contributed by atoms with E-state index in [1.54, 1.807) is 16.4 Å². The molecule has 0 spiro atoms. The van der Waals surface area contributed by atoms with Crippen LogP contribution in [0, 0.1) is 0 Å². The first kappa shape index (κ1) is 16.9. The molecule has 128 valence electrons. The monoisotopic (exact) mass is 337 g/mol. The molecule has 3 rings (SSSR count). The topological polar surface area (TPSA) is 57.6 Å². The third-order valence-electron chi connectivity index (χ3n) is 5.18. The Morgan fingerprint density at radius 3 is 2.04 bits per heavy atom. The molecule has 2 fully saturated rings. The van der Waals surface area contributed by atoms with E-state index in [0.717, 1.165) is 24.8 Å². The van der Waals surface area contributed by atoms with E-state index in [2.05, 4.69) is 20.8 Å². The lowest BCUT2D eigenvalue weighted by molar-refractivity contribution is 0.0220. The number of hydrogen-bond acceptors (Lipinski definition) is 3. The van der Waals surface area contributed by atoms with Crippen molar-refractivity contribution in [2.24, 2.45) is 0 Å². The van der Waals surface area contributed by atoms with E-state index in [9.17, 15) is 13.5 Å². The van der Waals surface area contributed by atoms with Gasteiger partial charge < -0.3 is 5.11 Å². The molecule has 2 aliphatic heterocycles. The van der Waals surface area contributed by atoms with E-state index in [0.29, 0.717) is 17.7 Å². The zero-order valence-electron chi connectivity index (χ0n) is 14.2. The van der Waals surface area contributed by atoms with Gasteiger partial charge in [0.1, 0.15) is 0 Å². The molecule has 0 saturated carbocycles. The number of nitrogens with zero attached hydrogens (tertiary/aromatic N) is 1. The lowest BCUT2D eigenvalue weighted by Gasteiger charge is -2.46. The Kier molecular flexibility index (Phi) is 4.32. The second-order valence-electron chi connectivity index (χ2n) is 7.97. The highest BCUT2D eigenvalue weighted by Gasteiger charge is 2.44. The largest absolute Gasteiger partial charge is 0.393 e. The third kappa shape index (κ3) is 3.19. The van der Waals surface area contributed by atoms with Crippen LogP contribution in [0.1, 0.15) is 58.4 Å². The molecule has 2 heterocycles. The van der Waals surface area contributed by atoms with Crippen molar-refractivity contribution in [3.63, 3.8) is 0 Å². The Balaban J connectivity index is 1.92. The van der Waals surface area contributed by atoms with Gasteiger partial charge in [-0.1, -0.05) is 39.3 Å². The van der Waals surface area contributed by atoms with Crippen LogP contribution in [0.3, 0.4) is 0 Å². The normalized spacial score (nSPS) is 29.5. The molecule has 2 bridgehead atoms. The minimum Gasteiger partial charge on any atom is -0.393 e. The first-order valence-corrected chi connectivity index (χ1v) is 9.96. The van der Waals surface area contributed by atoms with Gasteiger partial charge in [0.2, 0.25) is 10.0 Å². The molecule has 0 radical (unpaired) electrons. The predicted octanol–water partition coefficient (Wildman–Crippen LogP) is 3.05. The van der Waals surface area contributed by atoms with Crippen molar-refractivity contribution < 1.29 is 13.5 Å². The number of sulfonamides is 1. The average molecular weight is 337 g/mol. The van der Waals surface area contributed by atoms with E-state index < -0.39 is 10.0 Å². The fraction of sp³-hybridized carbons (Fsp3) is 0.667. The summed E-state index contributed by atoms with van der Waals surface area (Å²) in [7, 11) is -3.48. The third-order valence-corrected chi connectivity index (χ3v) is 7.20. The van der Waals surface area contributed by atoms with Crippen LogP contribution in [0.4, 0.5) is 0 Å². The highest BCUT2D eigenvalue weighted by atomic mass is 32.2. The molecule has 4 nitrogen and oxygen atoms in total. The Morgan fingerprint density at radius 1 is 1.04 bits per heavy atom. The number of rotatable bonds is 2. The summed E-state index contributed by atoms with van der Waals surface area (Å²) in [5.74, 6) is 0. The van der Waals surface area contributed by atoms with Crippen molar-refractivity contribution in [3.05, 3.63) is 29.8 Å². The Labute approximate surface area is 139 Å². The van der Waals surface area contributed by atoms with Gasteiger partial charge in [0, 0.05) is 12.1 Å². The van der Waals surface area contributed by atoms with E-state index in [1.165, 1.54) is 0 Å². The molecule has 0 amide bonds. The molecular weight excluding hydrogens is 310 g/mol. The Hall–Kier alpha value is -0.910. The number of piperidine rings is 2. The van der Waals surface area contributed by atoms with Gasteiger partial charge in [0.15, 0.2) is 0 Å². The van der Waals surface area contributed by atoms with E-state index >= 15 is 0 Å². The lowest BCUT2D eigenvalue weighted by Crippen LogP contribution is -2.55. The molecule has 1 N–H and O–H groups in total. The lowest BCUT2D eigenvalue weighted by atomic mass is 9.85. The summed E-state index contributed by atoms with van der Waals surface area (Å²) < 4.78 is 27.9. The Bertz CT molecular complexity index is 647. The molecule has 23 heavy (non-hydrogen) atoms. The summed E-state index contributed by atoms with van der Waals surface area (Å²) in [6, 6.07) is 7.20. The SMILES string of the molecule is CC(C)(C)c1ccc(S(=O)(=O)N2[C@@H]3CCC[C@H]2CC(O)C3)cc1. The summed E-state index contributed by atoms with van der Waals surface area (Å²) in [6.07, 6.45) is 3.53. The van der Waals surface area contributed by atoms with Gasteiger partial charge in [-0.15, -0.1) is 0 Å². The van der Waals surface area contributed by atoms with Crippen molar-refractivity contribution >= 4 is 10.0 Å². The molecule has 1 aromatic carbocycles. The van der Waals surface area contributed by atoms with Gasteiger partial charge >= 0.3 is 0 Å². The maximum Gasteiger partial charge on any atom is 0.243 e. The van der Waals surface area contributed by atoms with Gasteiger partial charge in [-0.25, -0.2) is 8.42 Å². The maximum absolute atomic E-state index is 13.1.